The van der Waals surface area contributed by atoms with Gasteiger partial charge >= 0.3 is 0 Å². The summed E-state index contributed by atoms with van der Waals surface area (Å²) in [6.07, 6.45) is 3.80. The molecule has 182 valence electrons. The van der Waals surface area contributed by atoms with Gasteiger partial charge in [-0.15, -0.1) is 0 Å². The van der Waals surface area contributed by atoms with Gasteiger partial charge in [-0.2, -0.15) is 0 Å². The molecular weight excluding hydrogens is 450 g/mol. The van der Waals surface area contributed by atoms with Crippen LogP contribution in [0, 0.1) is 17.8 Å². The van der Waals surface area contributed by atoms with E-state index in [1.807, 2.05) is 6.08 Å². The fourth-order valence-corrected chi connectivity index (χ4v) is 6.23. The minimum absolute atomic E-state index is 0.141. The number of carbonyl (C=O) groups is 4. The Morgan fingerprint density at radius 2 is 1.80 bits per heavy atom. The number of Topliss-reactive ketones (excluding diaryl/α,β-unsaturated/α-hetero) is 1. The second-order valence-corrected chi connectivity index (χ2v) is 9.41. The van der Waals surface area contributed by atoms with Crippen molar-refractivity contribution < 1.29 is 33.8 Å². The molecule has 2 amide bonds. The highest BCUT2D eigenvalue weighted by Gasteiger charge is 2.56. The summed E-state index contributed by atoms with van der Waals surface area (Å²) in [5.74, 6) is -2.78. The smallest absolute Gasteiger partial charge is 0.233 e. The number of ether oxygens (including phenoxy) is 2. The monoisotopic (exact) mass is 477 g/mol. The number of hydrogen-bond donors (Lipinski definition) is 1. The molecule has 1 heterocycles. The summed E-state index contributed by atoms with van der Waals surface area (Å²) in [5.41, 5.74) is 2.07. The van der Waals surface area contributed by atoms with Crippen LogP contribution in [0.3, 0.4) is 0 Å². The molecule has 4 atom stereocenters. The molecule has 0 spiro atoms. The first-order valence-corrected chi connectivity index (χ1v) is 11.7. The fourth-order valence-electron chi connectivity index (χ4n) is 6.23. The summed E-state index contributed by atoms with van der Waals surface area (Å²) in [6.45, 7) is 3.65. The first-order valence-electron chi connectivity index (χ1n) is 11.7. The minimum atomic E-state index is -0.788. The Labute approximate surface area is 202 Å². The van der Waals surface area contributed by atoms with Crippen LogP contribution in [-0.4, -0.2) is 54.2 Å². The molecule has 1 N–H and O–H groups in total. The standard InChI is InChI=1S/C27H27NO7/c1-5-28-26(32)15-7-6-14-16(21(15)27(28)33)11-17-18(29)8-12(2)25(31)23(17)22(14)24-19(30)9-13(34-3)10-20(24)35-4/h6,8-10,15-16,21-22,30H,5,7,11H2,1-4H3. The van der Waals surface area contributed by atoms with Crippen LogP contribution in [0.25, 0.3) is 0 Å². The van der Waals surface area contributed by atoms with Crippen molar-refractivity contribution in [3.63, 3.8) is 0 Å². The van der Waals surface area contributed by atoms with Crippen LogP contribution in [0.15, 0.2) is 46.6 Å². The number of nitrogens with zero attached hydrogens (tertiary/aromatic N) is 1. The lowest BCUT2D eigenvalue weighted by Crippen LogP contribution is -2.40. The van der Waals surface area contributed by atoms with Gasteiger partial charge in [0.05, 0.1) is 26.1 Å². The number of likely N-dealkylation sites (tertiary alicyclic amines) is 1. The lowest BCUT2D eigenvalue weighted by atomic mass is 9.59. The molecule has 5 rings (SSSR count). The fraction of sp³-hybridized carbons (Fsp3) is 0.407. The average Bonchev–Trinajstić information content (AvgIpc) is 3.10. The van der Waals surface area contributed by atoms with E-state index in [1.165, 1.54) is 31.3 Å². The van der Waals surface area contributed by atoms with Crippen molar-refractivity contribution in [2.75, 3.05) is 20.8 Å². The summed E-state index contributed by atoms with van der Waals surface area (Å²) in [7, 11) is 2.92. The molecule has 1 aromatic carbocycles. The van der Waals surface area contributed by atoms with Gasteiger partial charge in [0.2, 0.25) is 11.8 Å². The predicted octanol–water partition coefficient (Wildman–Crippen LogP) is 2.86. The molecule has 1 saturated heterocycles. The zero-order valence-electron chi connectivity index (χ0n) is 20.1. The molecule has 35 heavy (non-hydrogen) atoms. The molecule has 4 unspecified atom stereocenters. The van der Waals surface area contributed by atoms with Gasteiger partial charge in [0.1, 0.15) is 17.2 Å². The van der Waals surface area contributed by atoms with Crippen molar-refractivity contribution in [1.29, 1.82) is 0 Å². The summed E-state index contributed by atoms with van der Waals surface area (Å²) in [6, 6.07) is 3.06. The van der Waals surface area contributed by atoms with Crippen LogP contribution in [-0.2, 0) is 19.2 Å². The molecule has 0 bridgehead atoms. The highest BCUT2D eigenvalue weighted by atomic mass is 16.5. The lowest BCUT2D eigenvalue weighted by Gasteiger charge is -2.42. The van der Waals surface area contributed by atoms with Gasteiger partial charge < -0.3 is 14.6 Å². The SMILES string of the molecule is CCN1C(=O)C2CC=C3C(c4c(O)cc(OC)cc4OC)C4=C(CC3C2C1=O)C(=O)C=C(C)C4=O. The summed E-state index contributed by atoms with van der Waals surface area (Å²) < 4.78 is 10.9. The highest BCUT2D eigenvalue weighted by molar-refractivity contribution is 6.24. The zero-order valence-corrected chi connectivity index (χ0v) is 20.1. The molecule has 8 nitrogen and oxygen atoms in total. The second-order valence-electron chi connectivity index (χ2n) is 9.41. The molecule has 0 aromatic heterocycles. The summed E-state index contributed by atoms with van der Waals surface area (Å²) in [5, 5.41) is 11.1. The Morgan fingerprint density at radius 3 is 2.46 bits per heavy atom. The molecule has 1 aliphatic heterocycles. The Bertz CT molecular complexity index is 1280. The zero-order chi connectivity index (χ0) is 25.2. The number of methoxy groups -OCH3 is 2. The number of hydrogen-bond acceptors (Lipinski definition) is 7. The third-order valence-corrected chi connectivity index (χ3v) is 7.81. The Morgan fingerprint density at radius 1 is 1.06 bits per heavy atom. The number of aromatic hydroxyl groups is 1. The average molecular weight is 478 g/mol. The van der Waals surface area contributed by atoms with Crippen LogP contribution in [0.4, 0.5) is 0 Å². The molecule has 1 aromatic rings. The minimum Gasteiger partial charge on any atom is -0.507 e. The van der Waals surface area contributed by atoms with E-state index < -0.39 is 23.7 Å². The van der Waals surface area contributed by atoms with E-state index in [1.54, 1.807) is 19.9 Å². The number of carbonyl (C=O) groups excluding carboxylic acids is 4. The number of phenols is 1. The number of rotatable bonds is 4. The quantitative estimate of drug-likeness (QED) is 0.403. The maximum atomic E-state index is 13.5. The Kier molecular flexibility index (Phi) is 5.42. The van der Waals surface area contributed by atoms with E-state index in [0.717, 1.165) is 5.57 Å². The molecule has 0 saturated carbocycles. The maximum absolute atomic E-state index is 13.5. The maximum Gasteiger partial charge on any atom is 0.233 e. The van der Waals surface area contributed by atoms with Crippen LogP contribution in [0.5, 0.6) is 17.2 Å². The first-order chi connectivity index (χ1) is 16.7. The van der Waals surface area contributed by atoms with Gasteiger partial charge in [0, 0.05) is 46.9 Å². The first kappa shape index (κ1) is 23.1. The molecule has 4 aliphatic rings. The number of allylic oxidation sites excluding steroid dienone is 6. The van der Waals surface area contributed by atoms with E-state index in [0.29, 0.717) is 40.2 Å². The van der Waals surface area contributed by atoms with Crippen molar-refractivity contribution in [1.82, 2.24) is 4.90 Å². The van der Waals surface area contributed by atoms with E-state index in [2.05, 4.69) is 0 Å². The summed E-state index contributed by atoms with van der Waals surface area (Å²) >= 11 is 0. The summed E-state index contributed by atoms with van der Waals surface area (Å²) in [4.78, 5) is 54.1. The van der Waals surface area contributed by atoms with Crippen molar-refractivity contribution >= 4 is 23.4 Å². The van der Waals surface area contributed by atoms with Crippen LogP contribution in [0.1, 0.15) is 38.2 Å². The van der Waals surface area contributed by atoms with Gasteiger partial charge in [0.15, 0.2) is 11.6 Å². The normalized spacial score (nSPS) is 27.8. The number of amides is 2. The van der Waals surface area contributed by atoms with Crippen molar-refractivity contribution in [2.45, 2.75) is 32.6 Å². The Hall–Kier alpha value is -3.68. The van der Waals surface area contributed by atoms with Crippen molar-refractivity contribution in [3.05, 3.63) is 52.1 Å². The van der Waals surface area contributed by atoms with Gasteiger partial charge in [-0.25, -0.2) is 0 Å². The topological polar surface area (TPSA) is 110 Å². The van der Waals surface area contributed by atoms with Gasteiger partial charge in [-0.3, -0.25) is 24.1 Å². The molecular formula is C27H27NO7. The van der Waals surface area contributed by atoms with E-state index in [-0.39, 0.29) is 42.1 Å². The van der Waals surface area contributed by atoms with Crippen LogP contribution in [0.2, 0.25) is 0 Å². The number of imide groups is 1. The van der Waals surface area contributed by atoms with Crippen LogP contribution >= 0.6 is 0 Å². The van der Waals surface area contributed by atoms with E-state index in [4.69, 9.17) is 9.47 Å². The number of phenolic OH excluding ortho intramolecular Hbond substituents is 1. The third-order valence-electron chi connectivity index (χ3n) is 7.81. The van der Waals surface area contributed by atoms with Crippen LogP contribution < -0.4 is 9.47 Å². The van der Waals surface area contributed by atoms with Gasteiger partial charge in [0.25, 0.3) is 0 Å². The van der Waals surface area contributed by atoms with Crippen molar-refractivity contribution in [2.24, 2.45) is 17.8 Å². The predicted molar refractivity (Wildman–Crippen MR) is 125 cm³/mol. The Balaban J connectivity index is 1.75. The molecule has 3 aliphatic carbocycles. The number of ketones is 2. The highest BCUT2D eigenvalue weighted by Crippen LogP contribution is 2.57. The third kappa shape index (κ3) is 3.19. The van der Waals surface area contributed by atoms with E-state index >= 15 is 0 Å². The molecule has 0 radical (unpaired) electrons. The second kappa shape index (κ2) is 8.22. The molecule has 8 heteroatoms. The van der Waals surface area contributed by atoms with Crippen molar-refractivity contribution in [3.8, 4) is 17.2 Å². The van der Waals surface area contributed by atoms with Gasteiger partial charge in [-0.05, 0) is 38.7 Å². The van der Waals surface area contributed by atoms with E-state index in [9.17, 15) is 24.3 Å². The molecule has 1 fully saturated rings. The van der Waals surface area contributed by atoms with Gasteiger partial charge in [-0.1, -0.05) is 11.6 Å². The largest absolute Gasteiger partial charge is 0.507 e. The number of benzene rings is 1. The number of fused-ring (bicyclic) bond motifs is 3. The lowest BCUT2D eigenvalue weighted by molar-refractivity contribution is -0.139.